The summed E-state index contributed by atoms with van der Waals surface area (Å²) in [4.78, 5) is 12.6. The maximum Gasteiger partial charge on any atom is 0.416 e. The minimum absolute atomic E-state index is 0.242. The van der Waals surface area contributed by atoms with Crippen molar-refractivity contribution in [2.24, 2.45) is 0 Å². The fourth-order valence-corrected chi connectivity index (χ4v) is 2.93. The molecule has 0 fully saturated rings. The van der Waals surface area contributed by atoms with Crippen molar-refractivity contribution in [3.63, 3.8) is 0 Å². The molecule has 0 saturated carbocycles. The second kappa shape index (κ2) is 10.1. The summed E-state index contributed by atoms with van der Waals surface area (Å²) >= 11 is 0. The predicted octanol–water partition coefficient (Wildman–Crippen LogP) is 6.07. The highest BCUT2D eigenvalue weighted by atomic mass is 19.4. The zero-order valence-corrected chi connectivity index (χ0v) is 16.9. The van der Waals surface area contributed by atoms with Crippen molar-refractivity contribution in [2.45, 2.75) is 26.3 Å². The Hall–Kier alpha value is -3.32. The SMILES string of the molecule is CCOc1ccc(C(=O)Nc2ccc(C(F)(F)F)cc2)cc1COCc1ccccc1. The van der Waals surface area contributed by atoms with Crippen LogP contribution in [0.3, 0.4) is 0 Å². The van der Waals surface area contributed by atoms with Crippen molar-refractivity contribution in [2.75, 3.05) is 11.9 Å². The van der Waals surface area contributed by atoms with Crippen LogP contribution in [-0.2, 0) is 24.1 Å². The van der Waals surface area contributed by atoms with Crippen molar-refractivity contribution >= 4 is 11.6 Å². The molecule has 0 unspecified atom stereocenters. The Morgan fingerprint density at radius 3 is 2.29 bits per heavy atom. The molecule has 31 heavy (non-hydrogen) atoms. The van der Waals surface area contributed by atoms with Gasteiger partial charge in [0.25, 0.3) is 5.91 Å². The number of rotatable bonds is 8. The average molecular weight is 429 g/mol. The van der Waals surface area contributed by atoms with Crippen molar-refractivity contribution in [1.29, 1.82) is 0 Å². The minimum atomic E-state index is -4.42. The lowest BCUT2D eigenvalue weighted by molar-refractivity contribution is -0.137. The highest BCUT2D eigenvalue weighted by Crippen LogP contribution is 2.30. The zero-order chi connectivity index (χ0) is 22.3. The second-order valence-corrected chi connectivity index (χ2v) is 6.76. The van der Waals surface area contributed by atoms with Gasteiger partial charge in [-0.15, -0.1) is 0 Å². The molecule has 0 atom stereocenters. The fraction of sp³-hybridized carbons (Fsp3) is 0.208. The maximum atomic E-state index is 12.7. The summed E-state index contributed by atoms with van der Waals surface area (Å²) < 4.78 is 49.5. The van der Waals surface area contributed by atoms with Crippen LogP contribution in [-0.4, -0.2) is 12.5 Å². The quantitative estimate of drug-likeness (QED) is 0.473. The first-order chi connectivity index (χ1) is 14.9. The van der Waals surface area contributed by atoms with Gasteiger partial charge in [0.05, 0.1) is 25.4 Å². The number of alkyl halides is 3. The molecule has 0 heterocycles. The van der Waals surface area contributed by atoms with Crippen LogP contribution in [0.25, 0.3) is 0 Å². The molecule has 3 rings (SSSR count). The average Bonchev–Trinajstić information content (AvgIpc) is 2.75. The van der Waals surface area contributed by atoms with Gasteiger partial charge in [-0.2, -0.15) is 13.2 Å². The Morgan fingerprint density at radius 1 is 0.935 bits per heavy atom. The number of hydrogen-bond donors (Lipinski definition) is 1. The van der Waals surface area contributed by atoms with Gasteiger partial charge in [0.2, 0.25) is 0 Å². The van der Waals surface area contributed by atoms with Gasteiger partial charge >= 0.3 is 6.18 Å². The summed E-state index contributed by atoms with van der Waals surface area (Å²) in [6, 6.07) is 18.9. The van der Waals surface area contributed by atoms with Gasteiger partial charge in [-0.1, -0.05) is 30.3 Å². The smallest absolute Gasteiger partial charge is 0.416 e. The molecule has 0 saturated heterocycles. The fourth-order valence-electron chi connectivity index (χ4n) is 2.93. The number of ether oxygens (including phenoxy) is 2. The molecule has 0 spiro atoms. The van der Waals surface area contributed by atoms with Crippen LogP contribution in [0.5, 0.6) is 5.75 Å². The normalized spacial score (nSPS) is 11.2. The van der Waals surface area contributed by atoms with Gasteiger partial charge in [0.1, 0.15) is 5.75 Å². The lowest BCUT2D eigenvalue weighted by Gasteiger charge is -2.13. The van der Waals surface area contributed by atoms with Crippen LogP contribution in [0, 0.1) is 0 Å². The van der Waals surface area contributed by atoms with Gasteiger partial charge in [-0.25, -0.2) is 0 Å². The molecule has 0 aromatic heterocycles. The van der Waals surface area contributed by atoms with Gasteiger partial charge < -0.3 is 14.8 Å². The van der Waals surface area contributed by atoms with Crippen LogP contribution >= 0.6 is 0 Å². The Balaban J connectivity index is 1.70. The largest absolute Gasteiger partial charge is 0.494 e. The van der Waals surface area contributed by atoms with Crippen LogP contribution in [0.15, 0.2) is 72.8 Å². The van der Waals surface area contributed by atoms with E-state index in [0.717, 1.165) is 17.7 Å². The zero-order valence-electron chi connectivity index (χ0n) is 16.9. The van der Waals surface area contributed by atoms with Gasteiger partial charge in [-0.05, 0) is 55.0 Å². The number of nitrogens with one attached hydrogen (secondary N) is 1. The molecule has 3 aromatic rings. The van der Waals surface area contributed by atoms with Crippen LogP contribution in [0.2, 0.25) is 0 Å². The Bertz CT molecular complexity index is 1000. The molecular weight excluding hydrogens is 407 g/mol. The molecule has 1 N–H and O–H groups in total. The van der Waals surface area contributed by atoms with Gasteiger partial charge in [0.15, 0.2) is 0 Å². The molecule has 0 aliphatic heterocycles. The number of anilines is 1. The molecule has 4 nitrogen and oxygen atoms in total. The molecule has 162 valence electrons. The summed E-state index contributed by atoms with van der Waals surface area (Å²) in [5, 5.41) is 2.61. The number of benzene rings is 3. The Labute approximate surface area is 178 Å². The second-order valence-electron chi connectivity index (χ2n) is 6.76. The molecule has 0 aliphatic rings. The molecular formula is C24H22F3NO3. The van der Waals surface area contributed by atoms with Crippen molar-refractivity contribution in [3.05, 3.63) is 95.1 Å². The van der Waals surface area contributed by atoms with E-state index in [4.69, 9.17) is 9.47 Å². The van der Waals surface area contributed by atoms with E-state index in [2.05, 4.69) is 5.32 Å². The van der Waals surface area contributed by atoms with E-state index in [-0.39, 0.29) is 12.3 Å². The van der Waals surface area contributed by atoms with Crippen molar-refractivity contribution in [1.82, 2.24) is 0 Å². The first-order valence-electron chi connectivity index (χ1n) is 9.73. The Morgan fingerprint density at radius 2 is 1.65 bits per heavy atom. The molecule has 1 amide bonds. The number of halogens is 3. The standard InChI is InChI=1S/C24H22F3NO3/c1-2-31-22-13-8-18(14-19(22)16-30-15-17-6-4-3-5-7-17)23(29)28-21-11-9-20(10-12-21)24(25,26)27/h3-14H,2,15-16H2,1H3,(H,28,29). The highest BCUT2D eigenvalue weighted by Gasteiger charge is 2.30. The predicted molar refractivity (Wildman–Crippen MR) is 112 cm³/mol. The van der Waals surface area contributed by atoms with E-state index < -0.39 is 17.6 Å². The van der Waals surface area contributed by atoms with Crippen LogP contribution in [0.4, 0.5) is 18.9 Å². The monoisotopic (exact) mass is 429 g/mol. The van der Waals surface area contributed by atoms with Crippen LogP contribution in [0.1, 0.15) is 34.0 Å². The van der Waals surface area contributed by atoms with E-state index in [9.17, 15) is 18.0 Å². The summed E-state index contributed by atoms with van der Waals surface area (Å²) in [6.45, 7) is 2.97. The van der Waals surface area contributed by atoms with E-state index >= 15 is 0 Å². The third-order valence-electron chi connectivity index (χ3n) is 4.46. The third-order valence-corrected chi connectivity index (χ3v) is 4.46. The summed E-state index contributed by atoms with van der Waals surface area (Å²) in [5.74, 6) is 0.175. The van der Waals surface area contributed by atoms with Gasteiger partial charge in [0, 0.05) is 16.8 Å². The molecule has 3 aromatic carbocycles. The molecule has 7 heteroatoms. The summed E-state index contributed by atoms with van der Waals surface area (Å²) in [7, 11) is 0. The highest BCUT2D eigenvalue weighted by molar-refractivity contribution is 6.04. The first kappa shape index (κ1) is 22.4. The topological polar surface area (TPSA) is 47.6 Å². The minimum Gasteiger partial charge on any atom is -0.494 e. The maximum absolute atomic E-state index is 12.7. The Kier molecular flexibility index (Phi) is 7.31. The van der Waals surface area contributed by atoms with E-state index in [1.165, 1.54) is 12.1 Å². The van der Waals surface area contributed by atoms with E-state index in [0.29, 0.717) is 30.1 Å². The molecule has 0 bridgehead atoms. The van der Waals surface area contributed by atoms with E-state index in [1.807, 2.05) is 37.3 Å². The van der Waals surface area contributed by atoms with Crippen molar-refractivity contribution in [3.8, 4) is 5.75 Å². The van der Waals surface area contributed by atoms with Crippen LogP contribution < -0.4 is 10.1 Å². The summed E-state index contributed by atoms with van der Waals surface area (Å²) in [5.41, 5.74) is 1.58. The summed E-state index contributed by atoms with van der Waals surface area (Å²) in [6.07, 6.45) is -4.42. The van der Waals surface area contributed by atoms with E-state index in [1.54, 1.807) is 18.2 Å². The number of carbonyl (C=O) groups is 1. The molecule has 0 aliphatic carbocycles. The van der Waals surface area contributed by atoms with Crippen molar-refractivity contribution < 1.29 is 27.4 Å². The third kappa shape index (κ3) is 6.33. The number of amides is 1. The lowest BCUT2D eigenvalue weighted by atomic mass is 10.1. The lowest BCUT2D eigenvalue weighted by Crippen LogP contribution is -2.13. The number of carbonyl (C=O) groups excluding carboxylic acids is 1. The number of hydrogen-bond acceptors (Lipinski definition) is 3. The molecule has 0 radical (unpaired) electrons. The first-order valence-corrected chi connectivity index (χ1v) is 9.73. The van der Waals surface area contributed by atoms with Gasteiger partial charge in [-0.3, -0.25) is 4.79 Å².